The van der Waals surface area contributed by atoms with Crippen LogP contribution in [0.25, 0.3) is 0 Å². The standard InChI is InChI=1S/C15H21NO2/c1-3-10-16(15(17)18-4-2)14-9-8-12-6-5-7-13(12)11-14/h8-9,11H,3-7,10H2,1-2H3. The lowest BCUT2D eigenvalue weighted by atomic mass is 10.1. The van der Waals surface area contributed by atoms with Gasteiger partial charge in [0.25, 0.3) is 0 Å². The lowest BCUT2D eigenvalue weighted by Gasteiger charge is -2.22. The number of rotatable bonds is 4. The van der Waals surface area contributed by atoms with Gasteiger partial charge in [0.2, 0.25) is 0 Å². The quantitative estimate of drug-likeness (QED) is 0.814. The molecule has 0 radical (unpaired) electrons. The second-order valence-corrected chi connectivity index (χ2v) is 4.66. The summed E-state index contributed by atoms with van der Waals surface area (Å²) >= 11 is 0. The van der Waals surface area contributed by atoms with E-state index in [9.17, 15) is 4.79 Å². The van der Waals surface area contributed by atoms with Crippen LogP contribution >= 0.6 is 0 Å². The molecule has 0 saturated carbocycles. The molecule has 0 unspecified atom stereocenters. The van der Waals surface area contributed by atoms with Crippen molar-refractivity contribution < 1.29 is 9.53 Å². The highest BCUT2D eigenvalue weighted by Gasteiger charge is 2.18. The molecule has 0 aliphatic heterocycles. The first-order chi connectivity index (χ1) is 8.76. The minimum absolute atomic E-state index is 0.239. The van der Waals surface area contributed by atoms with Crippen molar-refractivity contribution in [1.82, 2.24) is 0 Å². The molecule has 0 fully saturated rings. The summed E-state index contributed by atoms with van der Waals surface area (Å²) in [5.41, 5.74) is 3.79. The lowest BCUT2D eigenvalue weighted by molar-refractivity contribution is 0.159. The number of fused-ring (bicyclic) bond motifs is 1. The van der Waals surface area contributed by atoms with Gasteiger partial charge in [0, 0.05) is 12.2 Å². The van der Waals surface area contributed by atoms with Crippen molar-refractivity contribution in [2.75, 3.05) is 18.1 Å². The van der Waals surface area contributed by atoms with Crippen LogP contribution in [0.3, 0.4) is 0 Å². The Hall–Kier alpha value is -1.51. The first-order valence-electron chi connectivity index (χ1n) is 6.82. The number of amides is 1. The number of ether oxygens (including phenoxy) is 1. The molecule has 0 heterocycles. The Balaban J connectivity index is 2.22. The molecule has 1 aromatic rings. The van der Waals surface area contributed by atoms with Gasteiger partial charge in [-0.05, 0) is 55.9 Å². The van der Waals surface area contributed by atoms with Crippen molar-refractivity contribution in [3.8, 4) is 0 Å². The van der Waals surface area contributed by atoms with Gasteiger partial charge in [-0.1, -0.05) is 13.0 Å². The molecular formula is C15H21NO2. The van der Waals surface area contributed by atoms with Gasteiger partial charge in [-0.25, -0.2) is 4.79 Å². The number of hydrogen-bond donors (Lipinski definition) is 0. The van der Waals surface area contributed by atoms with Crippen molar-refractivity contribution in [2.45, 2.75) is 39.5 Å². The molecule has 0 N–H and O–H groups in total. The molecule has 3 nitrogen and oxygen atoms in total. The van der Waals surface area contributed by atoms with Crippen LogP contribution in [-0.4, -0.2) is 19.2 Å². The normalized spacial score (nSPS) is 13.2. The highest BCUT2D eigenvalue weighted by molar-refractivity contribution is 5.87. The maximum Gasteiger partial charge on any atom is 0.414 e. The number of anilines is 1. The number of nitrogens with zero attached hydrogens (tertiary/aromatic N) is 1. The second kappa shape index (κ2) is 5.89. The van der Waals surface area contributed by atoms with E-state index in [1.807, 2.05) is 13.0 Å². The van der Waals surface area contributed by atoms with Crippen LogP contribution in [0.1, 0.15) is 37.8 Å². The third-order valence-corrected chi connectivity index (χ3v) is 3.33. The molecular weight excluding hydrogens is 226 g/mol. The fourth-order valence-electron chi connectivity index (χ4n) is 2.48. The maximum absolute atomic E-state index is 11.9. The van der Waals surface area contributed by atoms with Gasteiger partial charge in [-0.15, -0.1) is 0 Å². The fraction of sp³-hybridized carbons (Fsp3) is 0.533. The van der Waals surface area contributed by atoms with Crippen LogP contribution in [0.5, 0.6) is 0 Å². The Labute approximate surface area is 109 Å². The molecule has 18 heavy (non-hydrogen) atoms. The zero-order chi connectivity index (χ0) is 13.0. The molecule has 1 amide bonds. The van der Waals surface area contributed by atoms with Crippen LogP contribution in [0.2, 0.25) is 0 Å². The number of benzene rings is 1. The smallest absolute Gasteiger partial charge is 0.414 e. The minimum atomic E-state index is -0.239. The summed E-state index contributed by atoms with van der Waals surface area (Å²) in [4.78, 5) is 13.7. The average Bonchev–Trinajstić information content (AvgIpc) is 2.83. The second-order valence-electron chi connectivity index (χ2n) is 4.66. The topological polar surface area (TPSA) is 29.5 Å². The van der Waals surface area contributed by atoms with E-state index in [0.29, 0.717) is 13.2 Å². The van der Waals surface area contributed by atoms with Gasteiger partial charge >= 0.3 is 6.09 Å². The Morgan fingerprint density at radius 1 is 1.28 bits per heavy atom. The summed E-state index contributed by atoms with van der Waals surface area (Å²) in [6, 6.07) is 6.34. The van der Waals surface area contributed by atoms with Crippen molar-refractivity contribution >= 4 is 11.8 Å². The van der Waals surface area contributed by atoms with Gasteiger partial charge in [-0.2, -0.15) is 0 Å². The average molecular weight is 247 g/mol. The van der Waals surface area contributed by atoms with E-state index in [0.717, 1.165) is 18.5 Å². The van der Waals surface area contributed by atoms with Crippen LogP contribution in [-0.2, 0) is 17.6 Å². The van der Waals surface area contributed by atoms with Crippen LogP contribution < -0.4 is 4.90 Å². The molecule has 1 aliphatic rings. The number of carbonyl (C=O) groups excluding carboxylic acids is 1. The zero-order valence-electron chi connectivity index (χ0n) is 11.2. The summed E-state index contributed by atoms with van der Waals surface area (Å²) in [6.45, 7) is 5.03. The summed E-state index contributed by atoms with van der Waals surface area (Å²) in [7, 11) is 0. The Morgan fingerprint density at radius 2 is 2.06 bits per heavy atom. The summed E-state index contributed by atoms with van der Waals surface area (Å²) in [5, 5.41) is 0. The molecule has 0 aromatic heterocycles. The van der Waals surface area contributed by atoms with Gasteiger partial charge in [0.1, 0.15) is 0 Å². The molecule has 2 rings (SSSR count). The summed E-state index contributed by atoms with van der Waals surface area (Å²) in [5.74, 6) is 0. The Kier molecular flexibility index (Phi) is 4.24. The summed E-state index contributed by atoms with van der Waals surface area (Å²) in [6.07, 6.45) is 4.22. The maximum atomic E-state index is 11.9. The number of hydrogen-bond acceptors (Lipinski definition) is 2. The van der Waals surface area contributed by atoms with Crippen LogP contribution in [0.4, 0.5) is 10.5 Å². The molecule has 1 aliphatic carbocycles. The predicted octanol–water partition coefficient (Wildman–Crippen LogP) is 3.55. The zero-order valence-corrected chi connectivity index (χ0v) is 11.2. The van der Waals surface area contributed by atoms with Crippen molar-refractivity contribution in [3.05, 3.63) is 29.3 Å². The largest absolute Gasteiger partial charge is 0.449 e. The van der Waals surface area contributed by atoms with Gasteiger partial charge in [-0.3, -0.25) is 4.90 Å². The van der Waals surface area contributed by atoms with Gasteiger partial charge in [0.15, 0.2) is 0 Å². The molecule has 1 aromatic carbocycles. The molecule has 98 valence electrons. The van der Waals surface area contributed by atoms with Gasteiger partial charge < -0.3 is 4.74 Å². The fourth-order valence-corrected chi connectivity index (χ4v) is 2.48. The third-order valence-electron chi connectivity index (χ3n) is 3.33. The molecule has 0 atom stereocenters. The lowest BCUT2D eigenvalue weighted by Crippen LogP contribution is -2.32. The van der Waals surface area contributed by atoms with E-state index in [1.54, 1.807) is 4.90 Å². The SMILES string of the molecule is CCCN(C(=O)OCC)c1ccc2c(c1)CCC2. The highest BCUT2D eigenvalue weighted by atomic mass is 16.6. The molecule has 0 bridgehead atoms. The first kappa shape index (κ1) is 12.9. The van der Waals surface area contributed by atoms with Crippen molar-refractivity contribution in [3.63, 3.8) is 0 Å². The van der Waals surface area contributed by atoms with E-state index >= 15 is 0 Å². The van der Waals surface area contributed by atoms with Crippen LogP contribution in [0, 0.1) is 0 Å². The van der Waals surface area contributed by atoms with E-state index in [-0.39, 0.29) is 6.09 Å². The number of carbonyl (C=O) groups is 1. The van der Waals surface area contributed by atoms with E-state index in [2.05, 4.69) is 19.1 Å². The molecule has 0 saturated heterocycles. The molecule has 0 spiro atoms. The first-order valence-corrected chi connectivity index (χ1v) is 6.82. The summed E-state index contributed by atoms with van der Waals surface area (Å²) < 4.78 is 5.12. The number of aryl methyl sites for hydroxylation is 2. The monoisotopic (exact) mass is 247 g/mol. The van der Waals surface area contributed by atoms with Crippen LogP contribution in [0.15, 0.2) is 18.2 Å². The van der Waals surface area contributed by atoms with Gasteiger partial charge in [0.05, 0.1) is 6.61 Å². The van der Waals surface area contributed by atoms with E-state index in [1.165, 1.54) is 24.0 Å². The van der Waals surface area contributed by atoms with Crippen molar-refractivity contribution in [2.24, 2.45) is 0 Å². The molecule has 3 heteroatoms. The van der Waals surface area contributed by atoms with E-state index in [4.69, 9.17) is 4.74 Å². The predicted molar refractivity (Wildman–Crippen MR) is 73.1 cm³/mol. The van der Waals surface area contributed by atoms with E-state index < -0.39 is 0 Å². The third kappa shape index (κ3) is 2.66. The minimum Gasteiger partial charge on any atom is -0.449 e. The Morgan fingerprint density at radius 3 is 2.78 bits per heavy atom. The highest BCUT2D eigenvalue weighted by Crippen LogP contribution is 2.27. The van der Waals surface area contributed by atoms with Crippen molar-refractivity contribution in [1.29, 1.82) is 0 Å². The Bertz CT molecular complexity index is 429.